The lowest BCUT2D eigenvalue weighted by Crippen LogP contribution is -2.27. The number of benzene rings is 1. The molecule has 0 atom stereocenters. The molecule has 0 bridgehead atoms. The molecule has 0 aliphatic heterocycles. The minimum Gasteiger partial charge on any atom is -0.398 e. The van der Waals surface area contributed by atoms with Gasteiger partial charge in [0.2, 0.25) is 10.0 Å². The Labute approximate surface area is 134 Å². The summed E-state index contributed by atoms with van der Waals surface area (Å²) in [4.78, 5) is 1.07. The number of nitrogens with zero attached hydrogens (tertiary/aromatic N) is 1. The fraction of sp³-hybridized carbons (Fsp3) is 0.286. The van der Waals surface area contributed by atoms with Crippen LogP contribution in [0.3, 0.4) is 0 Å². The van der Waals surface area contributed by atoms with Gasteiger partial charge in [0.15, 0.2) is 0 Å². The summed E-state index contributed by atoms with van der Waals surface area (Å²) in [6, 6.07) is 7.04. The van der Waals surface area contributed by atoms with Gasteiger partial charge in [-0.3, -0.25) is 0 Å². The Kier molecular flexibility index (Phi) is 4.63. The third-order valence-corrected chi connectivity index (χ3v) is 6.61. The van der Waals surface area contributed by atoms with Gasteiger partial charge in [0.05, 0.1) is 10.0 Å². The van der Waals surface area contributed by atoms with Crippen molar-refractivity contribution in [3.8, 4) is 0 Å². The topological polar surface area (TPSA) is 63.4 Å². The first-order chi connectivity index (χ1) is 9.73. The monoisotopic (exact) mass is 344 g/mol. The van der Waals surface area contributed by atoms with Crippen LogP contribution < -0.4 is 5.73 Å². The van der Waals surface area contributed by atoms with Crippen LogP contribution in [-0.4, -0.2) is 19.8 Å². The normalized spacial score (nSPS) is 12.0. The summed E-state index contributed by atoms with van der Waals surface area (Å²) in [6.45, 7) is 3.91. The maximum absolute atomic E-state index is 12.8. The highest BCUT2D eigenvalue weighted by molar-refractivity contribution is 7.89. The summed E-state index contributed by atoms with van der Waals surface area (Å²) >= 11 is 7.24. The number of thiophene rings is 1. The van der Waals surface area contributed by atoms with Crippen LogP contribution in [0.1, 0.15) is 16.0 Å². The lowest BCUT2D eigenvalue weighted by atomic mass is 10.1. The summed E-state index contributed by atoms with van der Waals surface area (Å²) in [5, 5.41) is 0. The average Bonchev–Trinajstić information content (AvgIpc) is 2.79. The second-order valence-corrected chi connectivity index (χ2v) is 8.67. The summed E-state index contributed by atoms with van der Waals surface area (Å²) < 4.78 is 27.4. The van der Waals surface area contributed by atoms with Crippen molar-refractivity contribution in [2.75, 3.05) is 12.8 Å². The molecule has 0 unspecified atom stereocenters. The molecule has 1 heterocycles. The van der Waals surface area contributed by atoms with Crippen LogP contribution in [0.5, 0.6) is 0 Å². The number of halogens is 1. The smallest absolute Gasteiger partial charge is 0.245 e. The Bertz CT molecular complexity index is 769. The van der Waals surface area contributed by atoms with Gasteiger partial charge in [0, 0.05) is 18.5 Å². The van der Waals surface area contributed by atoms with Crippen molar-refractivity contribution in [3.05, 3.63) is 44.6 Å². The first kappa shape index (κ1) is 16.3. The molecule has 2 rings (SSSR count). The van der Waals surface area contributed by atoms with Gasteiger partial charge in [-0.2, -0.15) is 4.31 Å². The fourth-order valence-corrected chi connectivity index (χ4v) is 4.81. The molecule has 0 radical (unpaired) electrons. The second-order valence-electron chi connectivity index (χ2n) is 4.89. The van der Waals surface area contributed by atoms with Crippen LogP contribution in [0.2, 0.25) is 4.34 Å². The fourth-order valence-electron chi connectivity index (χ4n) is 2.05. The molecule has 1 aromatic carbocycles. The van der Waals surface area contributed by atoms with E-state index >= 15 is 0 Å². The highest BCUT2D eigenvalue weighted by atomic mass is 35.5. The van der Waals surface area contributed by atoms with E-state index in [0.717, 1.165) is 10.4 Å². The number of aryl methyl sites for hydroxylation is 1. The zero-order valence-corrected chi connectivity index (χ0v) is 14.4. The number of hydrogen-bond acceptors (Lipinski definition) is 4. The number of anilines is 1. The first-order valence-corrected chi connectivity index (χ1v) is 8.93. The number of nitrogens with two attached hydrogens (primary N) is 1. The molecule has 21 heavy (non-hydrogen) atoms. The molecule has 0 saturated heterocycles. The van der Waals surface area contributed by atoms with Gasteiger partial charge < -0.3 is 5.73 Å². The van der Waals surface area contributed by atoms with Crippen molar-refractivity contribution < 1.29 is 8.42 Å². The summed E-state index contributed by atoms with van der Waals surface area (Å²) in [7, 11) is -2.09. The van der Waals surface area contributed by atoms with Gasteiger partial charge in [0.25, 0.3) is 0 Å². The van der Waals surface area contributed by atoms with Gasteiger partial charge in [-0.1, -0.05) is 17.7 Å². The van der Waals surface area contributed by atoms with E-state index in [1.54, 1.807) is 26.1 Å². The van der Waals surface area contributed by atoms with Gasteiger partial charge in [0.1, 0.15) is 4.90 Å². The quantitative estimate of drug-likeness (QED) is 0.864. The van der Waals surface area contributed by atoms with Crippen molar-refractivity contribution in [1.82, 2.24) is 4.31 Å². The van der Waals surface area contributed by atoms with Crippen LogP contribution in [0, 0.1) is 13.8 Å². The molecule has 114 valence electrons. The molecule has 0 fully saturated rings. The first-order valence-electron chi connectivity index (χ1n) is 6.29. The molecular weight excluding hydrogens is 328 g/mol. The Morgan fingerprint density at radius 1 is 1.24 bits per heavy atom. The number of nitrogen functional groups attached to an aromatic ring is 1. The van der Waals surface area contributed by atoms with Crippen molar-refractivity contribution >= 4 is 38.6 Å². The molecule has 0 aliphatic rings. The standard InChI is InChI=1S/C14H17ClN2O2S2/c1-9-4-6-12(16)14(10(9)2)21(18,19)17(3)8-11-5-7-13(15)20-11/h4-7H,8,16H2,1-3H3. The zero-order chi connectivity index (χ0) is 15.8. The third-order valence-electron chi connectivity index (χ3n) is 3.38. The maximum Gasteiger partial charge on any atom is 0.245 e. The molecule has 4 nitrogen and oxygen atoms in total. The molecule has 1 aromatic heterocycles. The average molecular weight is 345 g/mol. The van der Waals surface area contributed by atoms with E-state index in [4.69, 9.17) is 17.3 Å². The van der Waals surface area contributed by atoms with Crippen molar-refractivity contribution in [3.63, 3.8) is 0 Å². The van der Waals surface area contributed by atoms with Crippen LogP contribution in [0.15, 0.2) is 29.2 Å². The highest BCUT2D eigenvalue weighted by Gasteiger charge is 2.26. The molecule has 0 spiro atoms. The number of hydrogen-bond donors (Lipinski definition) is 1. The van der Waals surface area contributed by atoms with Gasteiger partial charge in [-0.25, -0.2) is 8.42 Å². The van der Waals surface area contributed by atoms with E-state index in [9.17, 15) is 8.42 Å². The maximum atomic E-state index is 12.8. The molecule has 0 aliphatic carbocycles. The summed E-state index contributed by atoms with van der Waals surface area (Å²) in [6.07, 6.45) is 0. The Balaban J connectivity index is 2.40. The summed E-state index contributed by atoms with van der Waals surface area (Å²) in [5.74, 6) is 0. The van der Waals surface area contributed by atoms with Crippen LogP contribution in [-0.2, 0) is 16.6 Å². The predicted octanol–water partition coefficient (Wildman–Crippen LogP) is 3.42. The van der Waals surface area contributed by atoms with Crippen molar-refractivity contribution in [2.45, 2.75) is 25.3 Å². The number of rotatable bonds is 4. The lowest BCUT2D eigenvalue weighted by molar-refractivity contribution is 0.469. The van der Waals surface area contributed by atoms with Crippen LogP contribution in [0.25, 0.3) is 0 Å². The zero-order valence-electron chi connectivity index (χ0n) is 12.1. The Morgan fingerprint density at radius 3 is 2.48 bits per heavy atom. The van der Waals surface area contributed by atoms with Crippen molar-refractivity contribution in [1.29, 1.82) is 0 Å². The van der Waals surface area contributed by atoms with E-state index < -0.39 is 10.0 Å². The third kappa shape index (κ3) is 3.23. The Hall–Kier alpha value is -1.08. The van der Waals surface area contributed by atoms with Gasteiger partial charge in [-0.15, -0.1) is 11.3 Å². The Morgan fingerprint density at radius 2 is 1.90 bits per heavy atom. The molecule has 7 heteroatoms. The SMILES string of the molecule is Cc1ccc(N)c(S(=O)(=O)N(C)Cc2ccc(Cl)s2)c1C. The largest absolute Gasteiger partial charge is 0.398 e. The highest BCUT2D eigenvalue weighted by Crippen LogP contribution is 2.30. The molecule has 2 aromatic rings. The van der Waals surface area contributed by atoms with E-state index in [2.05, 4.69) is 0 Å². The molecule has 0 amide bonds. The van der Waals surface area contributed by atoms with E-state index in [1.807, 2.05) is 19.1 Å². The molecule has 2 N–H and O–H groups in total. The lowest BCUT2D eigenvalue weighted by Gasteiger charge is -2.20. The van der Waals surface area contributed by atoms with Crippen LogP contribution in [0.4, 0.5) is 5.69 Å². The van der Waals surface area contributed by atoms with Crippen molar-refractivity contribution in [2.24, 2.45) is 0 Å². The van der Waals surface area contributed by atoms with Gasteiger partial charge >= 0.3 is 0 Å². The minimum absolute atomic E-state index is 0.188. The van der Waals surface area contributed by atoms with Gasteiger partial charge in [-0.05, 0) is 43.2 Å². The number of sulfonamides is 1. The molecular formula is C14H17ClN2O2S2. The molecule has 0 saturated carbocycles. The second kappa shape index (κ2) is 5.96. The van der Waals surface area contributed by atoms with E-state index in [0.29, 0.717) is 9.90 Å². The van der Waals surface area contributed by atoms with E-state index in [-0.39, 0.29) is 17.1 Å². The predicted molar refractivity (Wildman–Crippen MR) is 88.3 cm³/mol. The van der Waals surface area contributed by atoms with Crippen LogP contribution >= 0.6 is 22.9 Å². The van der Waals surface area contributed by atoms with E-state index in [1.165, 1.54) is 15.6 Å². The summed E-state index contributed by atoms with van der Waals surface area (Å²) in [5.41, 5.74) is 7.74. The minimum atomic E-state index is -3.64.